The van der Waals surface area contributed by atoms with Crippen LogP contribution in [0.1, 0.15) is 0 Å². The van der Waals surface area contributed by atoms with Crippen LogP contribution in [0.3, 0.4) is 0 Å². The van der Waals surface area contributed by atoms with Gasteiger partial charge in [0.2, 0.25) is 5.96 Å². The topological polar surface area (TPSA) is 123 Å². The fourth-order valence-corrected chi connectivity index (χ4v) is 2.82. The van der Waals surface area contributed by atoms with Crippen LogP contribution < -0.4 is 22.1 Å². The molecule has 0 amide bonds. The molecule has 0 unspecified atom stereocenters. The molecule has 0 aliphatic rings. The van der Waals surface area contributed by atoms with E-state index in [2.05, 4.69) is 15.0 Å². The number of thiocarbonyl (C=S) groups is 1. The molecule has 0 aromatic heterocycles. The Kier molecular flexibility index (Phi) is 5.14. The molecule has 6 N–H and O–H groups in total. The first-order valence-corrected chi connectivity index (χ1v) is 8.31. The third-order valence-electron chi connectivity index (χ3n) is 2.67. The minimum absolute atomic E-state index is 0.0154. The Morgan fingerprint density at radius 3 is 1.96 bits per heavy atom. The average Bonchev–Trinajstić information content (AvgIpc) is 2.47. The maximum atomic E-state index is 11.8. The summed E-state index contributed by atoms with van der Waals surface area (Å²) in [5.41, 5.74) is 11.7. The van der Waals surface area contributed by atoms with Crippen molar-refractivity contribution in [3.05, 3.63) is 54.6 Å². The highest BCUT2D eigenvalue weighted by atomic mass is 32.2. The van der Waals surface area contributed by atoms with E-state index in [1.165, 1.54) is 12.1 Å². The molecule has 7 nitrogen and oxygen atoms in total. The van der Waals surface area contributed by atoms with Crippen LogP contribution in [0.2, 0.25) is 0 Å². The zero-order valence-corrected chi connectivity index (χ0v) is 13.6. The summed E-state index contributed by atoms with van der Waals surface area (Å²) in [7, 11) is -3.89. The number of nitrogens with zero attached hydrogens (tertiary/aromatic N) is 1. The van der Waals surface area contributed by atoms with Gasteiger partial charge < -0.3 is 22.1 Å². The minimum Gasteiger partial charge on any atom is -0.369 e. The van der Waals surface area contributed by atoms with Crippen molar-refractivity contribution in [2.45, 2.75) is 4.90 Å². The fourth-order valence-electron chi connectivity index (χ4n) is 1.72. The largest absolute Gasteiger partial charge is 0.369 e. The second-order valence-electron chi connectivity index (χ2n) is 4.46. The van der Waals surface area contributed by atoms with E-state index in [0.717, 1.165) is 5.69 Å². The van der Waals surface area contributed by atoms with E-state index < -0.39 is 16.0 Å². The second-order valence-corrected chi connectivity index (χ2v) is 6.47. The third-order valence-corrected chi connectivity index (χ3v) is 4.19. The zero-order valence-electron chi connectivity index (χ0n) is 11.9. The third kappa shape index (κ3) is 4.94. The Morgan fingerprint density at radius 1 is 0.913 bits per heavy atom. The van der Waals surface area contributed by atoms with Crippen LogP contribution in [0.4, 0.5) is 11.4 Å². The van der Waals surface area contributed by atoms with Gasteiger partial charge in [-0.15, -0.1) is 4.40 Å². The number of para-hydroxylation sites is 1. The molecule has 23 heavy (non-hydrogen) atoms. The number of nitrogens with two attached hydrogens (primary N) is 2. The van der Waals surface area contributed by atoms with E-state index >= 15 is 0 Å². The van der Waals surface area contributed by atoms with Gasteiger partial charge in [-0.05, 0) is 48.6 Å². The predicted molar refractivity (Wildman–Crippen MR) is 95.7 cm³/mol. The lowest BCUT2D eigenvalue weighted by atomic mass is 10.3. The van der Waals surface area contributed by atoms with Crippen LogP contribution in [-0.2, 0) is 10.0 Å². The molecule has 0 aliphatic carbocycles. The fraction of sp³-hybridized carbons (Fsp3) is 0. The number of hydrogen-bond acceptors (Lipinski definition) is 3. The zero-order chi connectivity index (χ0) is 16.9. The first kappa shape index (κ1) is 16.7. The molecule has 0 heterocycles. The summed E-state index contributed by atoms with van der Waals surface area (Å²) in [5, 5.41) is 6.34. The Bertz CT molecular complexity index is 814. The van der Waals surface area contributed by atoms with Crippen molar-refractivity contribution in [1.82, 2.24) is 0 Å². The highest BCUT2D eigenvalue weighted by Crippen LogP contribution is 2.16. The first-order chi connectivity index (χ1) is 10.9. The smallest absolute Gasteiger partial charge is 0.285 e. The molecule has 0 atom stereocenters. The lowest BCUT2D eigenvalue weighted by Gasteiger charge is -2.10. The maximum Gasteiger partial charge on any atom is 0.285 e. The highest BCUT2D eigenvalue weighted by Gasteiger charge is 2.12. The molecular weight excluding hydrogens is 334 g/mol. The number of anilines is 2. The molecular formula is C14H15N5O2S2. The maximum absolute atomic E-state index is 11.8. The van der Waals surface area contributed by atoms with Gasteiger partial charge in [0.25, 0.3) is 10.0 Å². The van der Waals surface area contributed by atoms with Gasteiger partial charge in [0.05, 0.1) is 4.90 Å². The van der Waals surface area contributed by atoms with E-state index in [1.807, 2.05) is 30.3 Å². The highest BCUT2D eigenvalue weighted by molar-refractivity contribution is 7.90. The molecule has 0 spiro atoms. The molecule has 120 valence electrons. The summed E-state index contributed by atoms with van der Waals surface area (Å²) in [5.74, 6) is -0.513. The van der Waals surface area contributed by atoms with Gasteiger partial charge in [0, 0.05) is 11.4 Å². The van der Waals surface area contributed by atoms with Gasteiger partial charge in [-0.1, -0.05) is 18.2 Å². The molecule has 0 radical (unpaired) electrons. The first-order valence-electron chi connectivity index (χ1n) is 6.46. The summed E-state index contributed by atoms with van der Waals surface area (Å²) in [6.07, 6.45) is 0. The van der Waals surface area contributed by atoms with Crippen molar-refractivity contribution in [3.63, 3.8) is 0 Å². The van der Waals surface area contributed by atoms with Crippen molar-refractivity contribution in [2.24, 2.45) is 15.9 Å². The lowest BCUT2D eigenvalue weighted by molar-refractivity contribution is 0.598. The number of benzene rings is 2. The molecule has 0 fully saturated rings. The van der Waals surface area contributed by atoms with Crippen molar-refractivity contribution in [1.29, 1.82) is 0 Å². The summed E-state index contributed by atoms with van der Waals surface area (Å²) in [4.78, 5) is -0.0154. The second kappa shape index (κ2) is 7.07. The van der Waals surface area contributed by atoms with E-state index in [0.29, 0.717) is 10.8 Å². The van der Waals surface area contributed by atoms with Crippen molar-refractivity contribution < 1.29 is 8.42 Å². The molecule has 0 aliphatic heterocycles. The van der Waals surface area contributed by atoms with Crippen LogP contribution in [0.15, 0.2) is 63.9 Å². The Hall–Kier alpha value is -2.65. The summed E-state index contributed by atoms with van der Waals surface area (Å²) in [6, 6.07) is 15.3. The molecule has 2 rings (SSSR count). The summed E-state index contributed by atoms with van der Waals surface area (Å²) in [6.45, 7) is 0. The van der Waals surface area contributed by atoms with Crippen molar-refractivity contribution >= 4 is 44.7 Å². The molecule has 0 bridgehead atoms. The van der Waals surface area contributed by atoms with Crippen molar-refractivity contribution in [3.8, 4) is 0 Å². The van der Waals surface area contributed by atoms with E-state index in [4.69, 9.17) is 23.7 Å². The molecule has 2 aromatic rings. The number of guanidine groups is 1. The van der Waals surface area contributed by atoms with Gasteiger partial charge >= 0.3 is 0 Å². The SMILES string of the molecule is NC(N)=NS(=O)(=O)c1ccc(NC(=S)Nc2ccccc2)cc1. The van der Waals surface area contributed by atoms with Crippen LogP contribution in [-0.4, -0.2) is 19.5 Å². The van der Waals surface area contributed by atoms with Crippen LogP contribution >= 0.6 is 12.2 Å². The Labute approximate surface area is 139 Å². The van der Waals surface area contributed by atoms with Gasteiger partial charge in [-0.3, -0.25) is 0 Å². The van der Waals surface area contributed by atoms with Crippen molar-refractivity contribution in [2.75, 3.05) is 10.6 Å². The van der Waals surface area contributed by atoms with Gasteiger partial charge in [-0.25, -0.2) is 0 Å². The number of hydrogen-bond donors (Lipinski definition) is 4. The van der Waals surface area contributed by atoms with Gasteiger partial charge in [-0.2, -0.15) is 8.42 Å². The van der Waals surface area contributed by atoms with Gasteiger partial charge in [0.15, 0.2) is 5.11 Å². The minimum atomic E-state index is -3.89. The van der Waals surface area contributed by atoms with E-state index in [9.17, 15) is 8.42 Å². The Balaban J connectivity index is 2.06. The Morgan fingerprint density at radius 2 is 1.43 bits per heavy atom. The number of sulfonamides is 1. The quantitative estimate of drug-likeness (QED) is 0.374. The number of nitrogens with one attached hydrogen (secondary N) is 2. The molecule has 0 saturated heterocycles. The van der Waals surface area contributed by atoms with Crippen LogP contribution in [0, 0.1) is 0 Å². The lowest BCUT2D eigenvalue weighted by Crippen LogP contribution is -2.24. The summed E-state index contributed by atoms with van der Waals surface area (Å²) >= 11 is 5.19. The molecule has 9 heteroatoms. The van der Waals surface area contributed by atoms with E-state index in [1.54, 1.807) is 12.1 Å². The molecule has 2 aromatic carbocycles. The average molecular weight is 349 g/mol. The monoisotopic (exact) mass is 349 g/mol. The van der Waals surface area contributed by atoms with Gasteiger partial charge in [0.1, 0.15) is 0 Å². The normalized spacial score (nSPS) is 10.6. The van der Waals surface area contributed by atoms with Crippen LogP contribution in [0.5, 0.6) is 0 Å². The predicted octanol–water partition coefficient (Wildman–Crippen LogP) is 1.46. The standard InChI is InChI=1S/C14H15N5O2S2/c15-13(16)19-23(20,21)12-8-6-11(7-9-12)18-14(22)17-10-4-2-1-3-5-10/h1-9H,(H4,15,16,19)(H2,17,18,22). The van der Waals surface area contributed by atoms with E-state index in [-0.39, 0.29) is 4.90 Å². The van der Waals surface area contributed by atoms with Crippen LogP contribution in [0.25, 0.3) is 0 Å². The number of rotatable bonds is 4. The molecule has 0 saturated carbocycles. The summed E-state index contributed by atoms with van der Waals surface area (Å²) < 4.78 is 26.8.